The Kier molecular flexibility index (Phi) is 37.6. The number of carboxylic acids is 1. The molecule has 7 heterocycles. The zero-order valence-corrected chi connectivity index (χ0v) is 83.5. The molecule has 0 saturated carbocycles. The number of likely N-dealkylation sites (tertiary alicyclic amines) is 2. The van der Waals surface area contributed by atoms with Gasteiger partial charge in [-0.05, 0) is 288 Å². The predicted octanol–water partition coefficient (Wildman–Crippen LogP) is 24.1. The number of thiazole rings is 5. The number of halogens is 3. The quantitative estimate of drug-likeness (QED) is 0.0123. The standard InChI is InChI=1S/C28H33N3O3S.C23H23ClN2O3S.C20H27N3OS.C18H20ClNO3S.C16H16ClNO3S/c1-20-7-5-16-31(20)17-6-18-33-23-12-10-22(11-13-23)27-30-26-24(14-15-25(26)35-27)29-28(32)34-19-21-8-3-2-4-9-21;24-13-4-14-28-18-9-7-17(8-10-18)22-26-21-19(11-12-20(21)30-22)25-23(27)29-15-16-5-2-1-3-6-16;1-14-4-2-11-23(14)12-3-13-24-16-7-5-15(6-8-16)20-22-19-17(21)9-10-18(19)25-20;1-2-22-18(21)14-8-9-15-16(14)20-17(24-15)12-4-6-13(7-5-12)23-11-3-10-19;17-8-1-9-21-11-4-2-10(3-5-11)15-18-14-12(16(19)20)6-7-13(14)22-15/h2-4,8-13,20,24H,5-7,14-19H2,1H3,(H,29,32);1-3,5-10,19H,4,11-15H2,(H,25,27);5-8,14,17H,2-4,9-13,21H2,1H3;4-7,14H,2-3,8-11H2,1H3;2-5,12H,1,6-9H2,(H,19,20). The van der Waals surface area contributed by atoms with Gasteiger partial charge in [0.15, 0.2) is 0 Å². The lowest BCUT2D eigenvalue weighted by atomic mass is 10.1. The number of amides is 2. The number of rotatable bonds is 36. The maximum atomic E-state index is 12.3. The fraction of sp³-hybridized carbons (Fsp3) is 0.419. The van der Waals surface area contributed by atoms with Gasteiger partial charge >= 0.3 is 24.1 Å². The van der Waals surface area contributed by atoms with Crippen LogP contribution in [0.1, 0.15) is 205 Å². The van der Waals surface area contributed by atoms with E-state index in [1.54, 1.807) is 56.7 Å². The first-order valence-corrected chi connectivity index (χ1v) is 53.1. The van der Waals surface area contributed by atoms with Crippen molar-refractivity contribution in [1.29, 1.82) is 0 Å². The number of nitrogens with two attached hydrogens (primary N) is 1. The van der Waals surface area contributed by atoms with Crippen molar-refractivity contribution in [3.05, 3.63) is 246 Å². The van der Waals surface area contributed by atoms with Gasteiger partial charge in [0.1, 0.15) is 78.8 Å². The monoisotopic (exact) mass is 1990 g/mol. The minimum Gasteiger partial charge on any atom is -0.494 e. The van der Waals surface area contributed by atoms with Crippen molar-refractivity contribution in [2.45, 2.75) is 198 Å². The lowest BCUT2D eigenvalue weighted by Gasteiger charge is -2.20. The number of nitrogens with zero attached hydrogens (tertiary/aromatic N) is 7. The second-order valence-electron chi connectivity index (χ2n) is 34.4. The third kappa shape index (κ3) is 27.9. The van der Waals surface area contributed by atoms with Gasteiger partial charge < -0.3 is 69.2 Å². The first kappa shape index (κ1) is 100. The second kappa shape index (κ2) is 51.0. The molecule has 12 aromatic rings. The summed E-state index contributed by atoms with van der Waals surface area (Å²) in [6, 6.07) is 60.8. The molecule has 2 saturated heterocycles. The topological polar surface area (TPSA) is 283 Å². The summed E-state index contributed by atoms with van der Waals surface area (Å²) in [6.45, 7) is 15.5. The highest BCUT2D eigenvalue weighted by Crippen LogP contribution is 2.45. The number of alkyl halides is 3. The Hall–Kier alpha value is -10.1. The Balaban J connectivity index is 0.000000131. The van der Waals surface area contributed by atoms with Crippen LogP contribution in [0.4, 0.5) is 9.59 Å². The van der Waals surface area contributed by atoms with Crippen LogP contribution >= 0.6 is 91.5 Å². The van der Waals surface area contributed by atoms with E-state index in [4.69, 9.17) is 98.4 Å². The molecule has 0 bridgehead atoms. The van der Waals surface area contributed by atoms with E-state index in [9.17, 15) is 24.3 Å². The number of benzene rings is 7. The van der Waals surface area contributed by atoms with Gasteiger partial charge in [0.2, 0.25) is 0 Å². The lowest BCUT2D eigenvalue weighted by molar-refractivity contribution is -0.145. The van der Waals surface area contributed by atoms with Gasteiger partial charge in [-0.3, -0.25) is 9.59 Å². The highest BCUT2D eigenvalue weighted by atomic mass is 35.5. The smallest absolute Gasteiger partial charge is 0.408 e. The summed E-state index contributed by atoms with van der Waals surface area (Å²) in [6.07, 6.45) is 18.0. The molecule has 718 valence electrons. The molecule has 5 N–H and O–H groups in total. The molecule has 2 aliphatic heterocycles. The summed E-state index contributed by atoms with van der Waals surface area (Å²) in [5.41, 5.74) is 18.0. The molecule has 5 aromatic heterocycles. The van der Waals surface area contributed by atoms with Crippen molar-refractivity contribution in [1.82, 2.24) is 45.4 Å². The van der Waals surface area contributed by atoms with Crippen molar-refractivity contribution < 1.29 is 62.2 Å². The minimum atomic E-state index is -0.779. The highest BCUT2D eigenvalue weighted by molar-refractivity contribution is 7.16. The molecule has 19 rings (SSSR count). The van der Waals surface area contributed by atoms with Crippen LogP contribution < -0.4 is 40.1 Å². The van der Waals surface area contributed by atoms with Gasteiger partial charge in [-0.15, -0.1) is 91.5 Å². The maximum Gasteiger partial charge on any atom is 0.408 e. The van der Waals surface area contributed by atoms with Crippen LogP contribution in [0, 0.1) is 0 Å². The van der Waals surface area contributed by atoms with Crippen LogP contribution in [0.5, 0.6) is 28.7 Å². The first-order valence-electron chi connectivity index (χ1n) is 47.4. The van der Waals surface area contributed by atoms with Crippen molar-refractivity contribution >= 4 is 116 Å². The number of fused-ring (bicyclic) bond motifs is 5. The molecular weight excluding hydrogens is 1880 g/mol. The highest BCUT2D eigenvalue weighted by Gasteiger charge is 2.37. The third-order valence-corrected chi connectivity index (χ3v) is 31.5. The van der Waals surface area contributed by atoms with Crippen LogP contribution in [0.25, 0.3) is 52.9 Å². The molecule has 136 heavy (non-hydrogen) atoms. The van der Waals surface area contributed by atoms with E-state index >= 15 is 0 Å². The number of carbonyl (C=O) groups is 4. The Morgan fingerprint density at radius 3 is 1.03 bits per heavy atom. The molecule has 7 atom stereocenters. The van der Waals surface area contributed by atoms with Crippen molar-refractivity contribution in [3.63, 3.8) is 0 Å². The van der Waals surface area contributed by atoms with Crippen LogP contribution in [0.3, 0.4) is 0 Å². The third-order valence-electron chi connectivity index (χ3n) is 24.8. The molecule has 31 heteroatoms. The summed E-state index contributed by atoms with van der Waals surface area (Å²) in [5.74, 6) is 4.51. The average molecular weight is 2000 g/mol. The van der Waals surface area contributed by atoms with Gasteiger partial charge in [-0.25, -0.2) is 34.5 Å². The van der Waals surface area contributed by atoms with Crippen LogP contribution in [-0.2, 0) is 69.1 Å². The van der Waals surface area contributed by atoms with Crippen LogP contribution in [0.15, 0.2) is 182 Å². The van der Waals surface area contributed by atoms with Gasteiger partial charge in [0, 0.05) is 101 Å². The van der Waals surface area contributed by atoms with E-state index in [2.05, 4.69) is 75.7 Å². The van der Waals surface area contributed by atoms with E-state index in [1.807, 2.05) is 153 Å². The number of carboxylic acid groups (broad SMARTS) is 1. The molecule has 23 nitrogen and oxygen atoms in total. The molecule has 7 unspecified atom stereocenters. The summed E-state index contributed by atoms with van der Waals surface area (Å²) in [7, 11) is 0. The number of aromatic nitrogens is 5. The van der Waals surface area contributed by atoms with Gasteiger partial charge in [-0.1, -0.05) is 60.7 Å². The number of ether oxygens (including phenoxy) is 8. The molecule has 7 aliphatic rings. The number of aryl methyl sites for hydroxylation is 5. The van der Waals surface area contributed by atoms with E-state index in [0.717, 1.165) is 248 Å². The molecule has 0 spiro atoms. The summed E-state index contributed by atoms with van der Waals surface area (Å²) in [4.78, 5) is 82.7. The Labute approximate surface area is 831 Å². The molecule has 5 aliphatic carbocycles. The Morgan fingerprint density at radius 2 is 0.699 bits per heavy atom. The number of carbonyl (C=O) groups excluding carboxylic acids is 3. The van der Waals surface area contributed by atoms with E-state index < -0.39 is 24.1 Å². The Bertz CT molecular complexity index is 5800. The summed E-state index contributed by atoms with van der Waals surface area (Å²) >= 11 is 25.4. The zero-order valence-electron chi connectivity index (χ0n) is 77.1. The number of aliphatic carboxylic acids is 1. The van der Waals surface area contributed by atoms with Crippen molar-refractivity contribution in [3.8, 4) is 81.6 Å². The lowest BCUT2D eigenvalue weighted by Crippen LogP contribution is -2.28. The number of hydrogen-bond acceptors (Lipinski definition) is 25. The largest absolute Gasteiger partial charge is 0.494 e. The summed E-state index contributed by atoms with van der Waals surface area (Å²) < 4.78 is 44.6. The first-order chi connectivity index (χ1) is 66.5. The molecule has 0 radical (unpaired) electrons. The number of alkyl carbamates (subject to hydrolysis) is 2. The Morgan fingerprint density at radius 1 is 0.390 bits per heavy atom. The zero-order chi connectivity index (χ0) is 94.5. The molecule has 2 amide bonds. The molecular formula is C105H119Cl3N10O13S5. The average Bonchev–Trinajstić information content (AvgIpc) is 1.63. The SMILES string of the molecule is CC1CCCN1CCCOc1ccc(-c2nc3c(s2)CCC3N)cc1.CC1CCCN1CCCOc1ccc(-c2nc3c(s2)CCC3NC(=O)OCc2ccccc2)cc1.CCOC(=O)C1CCc2sc(-c3ccc(OCCCCl)cc3)nc21.O=C(NC1CCc2sc(-c3ccc(OCCCCl)cc3)nc21)OCc1ccccc1.O=C(O)C1CCc2sc(-c3ccc(OCCCCl)cc3)nc21. The maximum absolute atomic E-state index is 12.3. The normalized spacial score (nSPS) is 18.0. The van der Waals surface area contributed by atoms with Crippen molar-refractivity contribution in [2.24, 2.45) is 5.73 Å². The number of esters is 1. The minimum absolute atomic E-state index is 0.0980. The molecule has 2 fully saturated rings. The second-order valence-corrected chi connectivity index (χ2v) is 41.0. The van der Waals surface area contributed by atoms with Gasteiger partial charge in [0.25, 0.3) is 0 Å². The van der Waals surface area contributed by atoms with Crippen LogP contribution in [-0.4, -0.2) is 159 Å². The molecule has 7 aromatic carbocycles. The van der Waals surface area contributed by atoms with Crippen molar-refractivity contribution in [2.75, 3.05) is 83.5 Å². The van der Waals surface area contributed by atoms with Crippen LogP contribution in [0.2, 0.25) is 0 Å². The van der Waals surface area contributed by atoms with E-state index in [1.165, 1.54) is 58.3 Å². The predicted molar refractivity (Wildman–Crippen MR) is 544 cm³/mol. The number of hydrogen-bond donors (Lipinski definition) is 4. The number of nitrogens with one attached hydrogen (secondary N) is 2. The van der Waals surface area contributed by atoms with E-state index in [0.29, 0.717) is 56.5 Å². The fourth-order valence-electron chi connectivity index (χ4n) is 17.4. The van der Waals surface area contributed by atoms with Gasteiger partial charge in [-0.2, -0.15) is 0 Å². The fourth-order valence-corrected chi connectivity index (χ4v) is 23.4. The van der Waals surface area contributed by atoms with Gasteiger partial charge in [0.05, 0.1) is 80.2 Å². The van der Waals surface area contributed by atoms with E-state index in [-0.39, 0.29) is 43.2 Å². The summed E-state index contributed by atoms with van der Waals surface area (Å²) in [5, 5.41) is 20.0.